The normalized spacial score (nSPS) is 11.3. The summed E-state index contributed by atoms with van der Waals surface area (Å²) in [6.45, 7) is 1.54. The zero-order chi connectivity index (χ0) is 20.5. The van der Waals surface area contributed by atoms with E-state index in [9.17, 15) is 9.59 Å². The highest BCUT2D eigenvalue weighted by Crippen LogP contribution is 2.38. The maximum absolute atomic E-state index is 12.1. The van der Waals surface area contributed by atoms with Crippen LogP contribution in [0.5, 0.6) is 17.2 Å². The molecule has 0 fully saturated rings. The van der Waals surface area contributed by atoms with Gasteiger partial charge in [-0.3, -0.25) is 9.59 Å². The number of aryl methyl sites for hydroxylation is 1. The largest absolute Gasteiger partial charge is 0.493 e. The number of esters is 1. The Morgan fingerprint density at radius 3 is 2.11 bits per heavy atom. The van der Waals surface area contributed by atoms with Gasteiger partial charge in [-0.15, -0.1) is 0 Å². The molecule has 2 aromatic rings. The predicted molar refractivity (Wildman–Crippen MR) is 105 cm³/mol. The Labute approximate surface area is 164 Å². The molecular weight excluding hydrogens is 362 g/mol. The van der Waals surface area contributed by atoms with E-state index in [1.54, 1.807) is 24.3 Å². The minimum absolute atomic E-state index is 0.113. The lowest BCUT2D eigenvalue weighted by Crippen LogP contribution is -2.30. The zero-order valence-electron chi connectivity index (χ0n) is 16.5. The molecule has 0 unspecified atom stereocenters. The number of amides is 1. The van der Waals surface area contributed by atoms with Crippen molar-refractivity contribution in [1.82, 2.24) is 0 Å². The summed E-state index contributed by atoms with van der Waals surface area (Å²) in [5, 5.41) is 2.70. The summed E-state index contributed by atoms with van der Waals surface area (Å²) >= 11 is 0. The zero-order valence-corrected chi connectivity index (χ0v) is 16.5. The van der Waals surface area contributed by atoms with E-state index in [1.165, 1.54) is 28.3 Å². The van der Waals surface area contributed by atoms with E-state index in [2.05, 4.69) is 5.32 Å². The van der Waals surface area contributed by atoms with Gasteiger partial charge >= 0.3 is 5.97 Å². The third-order valence-corrected chi connectivity index (χ3v) is 4.06. The third-order valence-electron chi connectivity index (χ3n) is 4.06. The van der Waals surface area contributed by atoms with Crippen molar-refractivity contribution >= 4 is 17.6 Å². The number of benzene rings is 2. The Hall–Kier alpha value is -3.22. The molecule has 0 heterocycles. The van der Waals surface area contributed by atoms with Gasteiger partial charge in [0.1, 0.15) is 0 Å². The molecule has 0 bridgehead atoms. The van der Waals surface area contributed by atoms with Crippen molar-refractivity contribution in [1.29, 1.82) is 0 Å². The van der Waals surface area contributed by atoms with Crippen molar-refractivity contribution in [2.75, 3.05) is 26.6 Å². The molecule has 1 atom stereocenters. The molecule has 0 saturated carbocycles. The number of carbonyl (C=O) groups is 2. The predicted octanol–water partition coefficient (Wildman–Crippen LogP) is 3.22. The molecule has 150 valence electrons. The number of anilines is 1. The molecular formula is C21H25NO6. The molecule has 7 nitrogen and oxygen atoms in total. The first kappa shape index (κ1) is 21.1. The van der Waals surface area contributed by atoms with Crippen molar-refractivity contribution in [3.05, 3.63) is 48.0 Å². The van der Waals surface area contributed by atoms with Crippen molar-refractivity contribution in [2.24, 2.45) is 0 Å². The highest BCUT2D eigenvalue weighted by atomic mass is 16.5. The second kappa shape index (κ2) is 10.2. The Kier molecular flexibility index (Phi) is 7.68. The van der Waals surface area contributed by atoms with Crippen LogP contribution >= 0.6 is 0 Å². The molecule has 0 saturated heterocycles. The van der Waals surface area contributed by atoms with E-state index in [0.29, 0.717) is 29.4 Å². The SMILES string of the molecule is COc1cc(CCC(=O)O[C@@H](C)C(=O)Nc2ccccc2)cc(OC)c1OC. The lowest BCUT2D eigenvalue weighted by atomic mass is 10.1. The first-order valence-electron chi connectivity index (χ1n) is 8.82. The lowest BCUT2D eigenvalue weighted by molar-refractivity contribution is -0.153. The summed E-state index contributed by atoms with van der Waals surface area (Å²) < 4.78 is 21.1. The molecule has 1 N–H and O–H groups in total. The second-order valence-electron chi connectivity index (χ2n) is 6.02. The average molecular weight is 387 g/mol. The molecule has 2 rings (SSSR count). The summed E-state index contributed by atoms with van der Waals surface area (Å²) in [5.74, 6) is 0.668. The number of para-hydroxylation sites is 1. The monoisotopic (exact) mass is 387 g/mol. The minimum atomic E-state index is -0.896. The first-order valence-corrected chi connectivity index (χ1v) is 8.82. The molecule has 0 spiro atoms. The van der Waals surface area contributed by atoms with Crippen LogP contribution in [0.25, 0.3) is 0 Å². The van der Waals surface area contributed by atoms with Gasteiger partial charge in [0.05, 0.1) is 21.3 Å². The molecule has 7 heteroatoms. The highest BCUT2D eigenvalue weighted by molar-refractivity contribution is 5.95. The third kappa shape index (κ3) is 5.64. The lowest BCUT2D eigenvalue weighted by Gasteiger charge is -2.15. The standard InChI is InChI=1S/C21H25NO6/c1-14(21(24)22-16-8-6-5-7-9-16)28-19(23)11-10-15-12-17(25-2)20(27-4)18(13-15)26-3/h5-9,12-14H,10-11H2,1-4H3,(H,22,24)/t14-/m0/s1. The summed E-state index contributed by atoms with van der Waals surface area (Å²) in [7, 11) is 4.59. The van der Waals surface area contributed by atoms with Crippen molar-refractivity contribution in [3.63, 3.8) is 0 Å². The van der Waals surface area contributed by atoms with Crippen LogP contribution in [0.3, 0.4) is 0 Å². The van der Waals surface area contributed by atoms with E-state index >= 15 is 0 Å². The van der Waals surface area contributed by atoms with Crippen molar-refractivity contribution in [3.8, 4) is 17.2 Å². The van der Waals surface area contributed by atoms with Crippen LogP contribution in [0.2, 0.25) is 0 Å². The number of ether oxygens (including phenoxy) is 4. The van der Waals surface area contributed by atoms with Crippen LogP contribution in [-0.4, -0.2) is 39.3 Å². The van der Waals surface area contributed by atoms with Crippen molar-refractivity contribution < 1.29 is 28.5 Å². The van der Waals surface area contributed by atoms with Crippen LogP contribution in [0.1, 0.15) is 18.9 Å². The van der Waals surface area contributed by atoms with Gasteiger partial charge < -0.3 is 24.3 Å². The van der Waals surface area contributed by atoms with Crippen LogP contribution in [0.4, 0.5) is 5.69 Å². The van der Waals surface area contributed by atoms with Gasteiger partial charge in [0.25, 0.3) is 5.91 Å². The Morgan fingerprint density at radius 1 is 0.964 bits per heavy atom. The van der Waals surface area contributed by atoms with Crippen LogP contribution in [-0.2, 0) is 20.7 Å². The topological polar surface area (TPSA) is 83.1 Å². The van der Waals surface area contributed by atoms with E-state index < -0.39 is 12.1 Å². The Bertz CT molecular complexity index is 781. The fourth-order valence-electron chi connectivity index (χ4n) is 2.60. The molecule has 0 aliphatic heterocycles. The maximum Gasteiger partial charge on any atom is 0.306 e. The van der Waals surface area contributed by atoms with Gasteiger partial charge in [-0.05, 0) is 43.2 Å². The number of carbonyl (C=O) groups excluding carboxylic acids is 2. The van der Waals surface area contributed by atoms with Crippen LogP contribution in [0, 0.1) is 0 Å². The molecule has 2 aromatic carbocycles. The maximum atomic E-state index is 12.1. The summed E-state index contributed by atoms with van der Waals surface area (Å²) in [4.78, 5) is 24.3. The highest BCUT2D eigenvalue weighted by Gasteiger charge is 2.19. The summed E-state index contributed by atoms with van der Waals surface area (Å²) in [6.07, 6.45) is -0.378. The van der Waals surface area contributed by atoms with Crippen LogP contribution < -0.4 is 19.5 Å². The fraction of sp³-hybridized carbons (Fsp3) is 0.333. The molecule has 1 amide bonds. The van der Waals surface area contributed by atoms with Gasteiger partial charge in [0.15, 0.2) is 17.6 Å². The van der Waals surface area contributed by atoms with E-state index in [-0.39, 0.29) is 12.3 Å². The van der Waals surface area contributed by atoms with Gasteiger partial charge in [0.2, 0.25) is 5.75 Å². The van der Waals surface area contributed by atoms with Gasteiger partial charge in [0, 0.05) is 12.1 Å². The van der Waals surface area contributed by atoms with Crippen molar-refractivity contribution in [2.45, 2.75) is 25.9 Å². The van der Waals surface area contributed by atoms with Gasteiger partial charge in [-0.25, -0.2) is 0 Å². The second-order valence-corrected chi connectivity index (χ2v) is 6.02. The summed E-state index contributed by atoms with van der Waals surface area (Å²) in [5.41, 5.74) is 1.47. The van der Waals surface area contributed by atoms with E-state index in [1.807, 2.05) is 18.2 Å². The number of methoxy groups -OCH3 is 3. The fourth-order valence-corrected chi connectivity index (χ4v) is 2.60. The smallest absolute Gasteiger partial charge is 0.306 e. The molecule has 28 heavy (non-hydrogen) atoms. The van der Waals surface area contributed by atoms with Gasteiger partial charge in [-0.2, -0.15) is 0 Å². The van der Waals surface area contributed by atoms with E-state index in [4.69, 9.17) is 18.9 Å². The van der Waals surface area contributed by atoms with Crippen LogP contribution in [0.15, 0.2) is 42.5 Å². The Morgan fingerprint density at radius 2 is 1.57 bits per heavy atom. The summed E-state index contributed by atoms with van der Waals surface area (Å²) in [6, 6.07) is 12.5. The molecule has 0 aliphatic rings. The van der Waals surface area contributed by atoms with E-state index in [0.717, 1.165) is 5.56 Å². The number of hydrogen-bond acceptors (Lipinski definition) is 6. The number of rotatable bonds is 9. The van der Waals surface area contributed by atoms with Gasteiger partial charge in [-0.1, -0.05) is 18.2 Å². The first-order chi connectivity index (χ1) is 13.5. The molecule has 0 aliphatic carbocycles. The minimum Gasteiger partial charge on any atom is -0.493 e. The Balaban J connectivity index is 1.92. The quantitative estimate of drug-likeness (QED) is 0.665. The molecule has 0 radical (unpaired) electrons. The molecule has 0 aromatic heterocycles. The average Bonchev–Trinajstić information content (AvgIpc) is 2.71. The number of hydrogen-bond donors (Lipinski definition) is 1. The number of nitrogens with one attached hydrogen (secondary N) is 1.